The highest BCUT2D eigenvalue weighted by Crippen LogP contribution is 2.38. The van der Waals surface area contributed by atoms with Gasteiger partial charge in [-0.05, 0) is 48.1 Å². The van der Waals surface area contributed by atoms with Gasteiger partial charge in [-0.1, -0.05) is 12.1 Å². The molecule has 0 atom stereocenters. The van der Waals surface area contributed by atoms with Crippen LogP contribution in [-0.2, 0) is 12.8 Å². The van der Waals surface area contributed by atoms with Crippen LogP contribution >= 0.6 is 0 Å². The number of benzene rings is 1. The number of nitriles is 1. The summed E-state index contributed by atoms with van der Waals surface area (Å²) < 4.78 is 5.61. The first-order valence-electron chi connectivity index (χ1n) is 6.38. The molecule has 0 radical (unpaired) electrons. The van der Waals surface area contributed by atoms with E-state index in [-0.39, 0.29) is 0 Å². The molecule has 94 valence electrons. The van der Waals surface area contributed by atoms with E-state index in [2.05, 4.69) is 23.2 Å². The Hall–Kier alpha value is -2.34. The van der Waals surface area contributed by atoms with Crippen molar-refractivity contribution in [2.45, 2.75) is 19.3 Å². The van der Waals surface area contributed by atoms with Crippen LogP contribution in [0.5, 0.6) is 5.75 Å². The Morgan fingerprint density at radius 1 is 1.26 bits per heavy atom. The summed E-state index contributed by atoms with van der Waals surface area (Å²) >= 11 is 0. The fourth-order valence-corrected chi connectivity index (χ4v) is 2.75. The molecule has 0 saturated heterocycles. The molecule has 0 bridgehead atoms. The summed E-state index contributed by atoms with van der Waals surface area (Å²) in [6.07, 6.45) is 5.06. The van der Waals surface area contributed by atoms with Crippen LogP contribution in [0.1, 0.15) is 23.2 Å². The van der Waals surface area contributed by atoms with Crippen LogP contribution in [0.15, 0.2) is 30.5 Å². The molecule has 1 heterocycles. The smallest absolute Gasteiger partial charge is 0.141 e. The maximum absolute atomic E-state index is 8.95. The van der Waals surface area contributed by atoms with E-state index in [0.29, 0.717) is 5.69 Å². The first-order valence-corrected chi connectivity index (χ1v) is 6.38. The van der Waals surface area contributed by atoms with Crippen molar-refractivity contribution in [3.05, 3.63) is 47.3 Å². The van der Waals surface area contributed by atoms with E-state index in [1.807, 2.05) is 6.07 Å². The van der Waals surface area contributed by atoms with Crippen LogP contribution in [0, 0.1) is 11.3 Å². The predicted octanol–water partition coefficient (Wildman–Crippen LogP) is 3.12. The number of ether oxygens (including phenoxy) is 1. The van der Waals surface area contributed by atoms with Crippen molar-refractivity contribution in [1.82, 2.24) is 4.98 Å². The third-order valence-electron chi connectivity index (χ3n) is 3.62. The molecule has 2 aromatic rings. The van der Waals surface area contributed by atoms with Crippen molar-refractivity contribution in [1.29, 1.82) is 5.26 Å². The van der Waals surface area contributed by atoms with E-state index in [1.54, 1.807) is 19.4 Å². The van der Waals surface area contributed by atoms with Gasteiger partial charge in [0.1, 0.15) is 17.5 Å². The average Bonchev–Trinajstić information content (AvgIpc) is 2.94. The monoisotopic (exact) mass is 250 g/mol. The highest BCUT2D eigenvalue weighted by molar-refractivity contribution is 5.74. The molecule has 0 aliphatic heterocycles. The third-order valence-corrected chi connectivity index (χ3v) is 3.62. The molecular weight excluding hydrogens is 236 g/mol. The van der Waals surface area contributed by atoms with Crippen LogP contribution < -0.4 is 4.74 Å². The molecule has 3 rings (SSSR count). The number of rotatable bonds is 2. The summed E-state index contributed by atoms with van der Waals surface area (Å²) in [5.74, 6) is 0.949. The van der Waals surface area contributed by atoms with Gasteiger partial charge in [0, 0.05) is 11.8 Å². The zero-order valence-electron chi connectivity index (χ0n) is 10.8. The number of methoxy groups -OCH3 is 1. The SMILES string of the molecule is COc1c(-c2ccnc(C#N)c2)ccc2c1CCC2. The highest BCUT2D eigenvalue weighted by atomic mass is 16.5. The molecule has 19 heavy (non-hydrogen) atoms. The number of aromatic nitrogens is 1. The zero-order valence-corrected chi connectivity index (χ0v) is 10.8. The van der Waals surface area contributed by atoms with Crippen molar-refractivity contribution in [3.8, 4) is 22.9 Å². The van der Waals surface area contributed by atoms with Crippen molar-refractivity contribution in [3.63, 3.8) is 0 Å². The van der Waals surface area contributed by atoms with Crippen LogP contribution in [-0.4, -0.2) is 12.1 Å². The molecule has 3 nitrogen and oxygen atoms in total. The molecule has 0 amide bonds. The summed E-state index contributed by atoms with van der Waals surface area (Å²) in [5, 5.41) is 8.95. The normalized spacial score (nSPS) is 12.8. The maximum Gasteiger partial charge on any atom is 0.141 e. The zero-order chi connectivity index (χ0) is 13.2. The summed E-state index contributed by atoms with van der Waals surface area (Å²) in [7, 11) is 1.71. The molecule has 0 fully saturated rings. The van der Waals surface area contributed by atoms with Gasteiger partial charge in [-0.2, -0.15) is 5.26 Å². The van der Waals surface area contributed by atoms with E-state index in [4.69, 9.17) is 10.00 Å². The van der Waals surface area contributed by atoms with Gasteiger partial charge in [0.2, 0.25) is 0 Å². The first-order chi connectivity index (χ1) is 9.33. The molecule has 1 aromatic heterocycles. The molecular formula is C16H14N2O. The molecule has 1 aromatic carbocycles. The van der Waals surface area contributed by atoms with Crippen molar-refractivity contribution >= 4 is 0 Å². The summed E-state index contributed by atoms with van der Waals surface area (Å²) in [6, 6.07) is 10.1. The van der Waals surface area contributed by atoms with Crippen molar-refractivity contribution in [2.75, 3.05) is 7.11 Å². The van der Waals surface area contributed by atoms with Crippen LogP contribution in [0.3, 0.4) is 0 Å². The van der Waals surface area contributed by atoms with E-state index < -0.39 is 0 Å². The van der Waals surface area contributed by atoms with Crippen molar-refractivity contribution < 1.29 is 4.74 Å². The molecule has 1 aliphatic carbocycles. The summed E-state index contributed by atoms with van der Waals surface area (Å²) in [4.78, 5) is 4.01. The minimum Gasteiger partial charge on any atom is -0.496 e. The van der Waals surface area contributed by atoms with Crippen LogP contribution in [0.2, 0.25) is 0 Å². The summed E-state index contributed by atoms with van der Waals surface area (Å²) in [5.41, 5.74) is 5.16. The quantitative estimate of drug-likeness (QED) is 0.822. The number of pyridine rings is 1. The lowest BCUT2D eigenvalue weighted by Crippen LogP contribution is -1.95. The number of hydrogen-bond donors (Lipinski definition) is 0. The maximum atomic E-state index is 8.95. The van der Waals surface area contributed by atoms with Gasteiger partial charge in [0.15, 0.2) is 0 Å². The van der Waals surface area contributed by atoms with Gasteiger partial charge in [-0.25, -0.2) is 4.98 Å². The Bertz CT molecular complexity index is 671. The van der Waals surface area contributed by atoms with E-state index in [9.17, 15) is 0 Å². The second kappa shape index (κ2) is 4.74. The number of hydrogen-bond acceptors (Lipinski definition) is 3. The van der Waals surface area contributed by atoms with Crippen molar-refractivity contribution in [2.24, 2.45) is 0 Å². The molecule has 1 aliphatic rings. The van der Waals surface area contributed by atoms with Gasteiger partial charge in [0.25, 0.3) is 0 Å². The first kappa shape index (κ1) is 11.7. The minimum absolute atomic E-state index is 0.431. The van der Waals surface area contributed by atoms with Crippen LogP contribution in [0.4, 0.5) is 0 Å². The lowest BCUT2D eigenvalue weighted by molar-refractivity contribution is 0.412. The lowest BCUT2D eigenvalue weighted by atomic mass is 9.99. The van der Waals surface area contributed by atoms with E-state index in [1.165, 1.54) is 17.5 Å². The average molecular weight is 250 g/mol. The van der Waals surface area contributed by atoms with Gasteiger partial charge < -0.3 is 4.74 Å². The van der Waals surface area contributed by atoms with E-state index in [0.717, 1.165) is 29.7 Å². The largest absolute Gasteiger partial charge is 0.496 e. The number of aryl methyl sites for hydroxylation is 1. The lowest BCUT2D eigenvalue weighted by Gasteiger charge is -2.13. The van der Waals surface area contributed by atoms with Gasteiger partial charge in [-0.3, -0.25) is 0 Å². The van der Waals surface area contributed by atoms with Gasteiger partial charge >= 0.3 is 0 Å². The highest BCUT2D eigenvalue weighted by Gasteiger charge is 2.19. The second-order valence-corrected chi connectivity index (χ2v) is 4.68. The Morgan fingerprint density at radius 3 is 2.95 bits per heavy atom. The Balaban J connectivity index is 2.17. The fourth-order valence-electron chi connectivity index (χ4n) is 2.75. The molecule has 0 saturated carbocycles. The molecule has 3 heteroatoms. The predicted molar refractivity (Wildman–Crippen MR) is 73.0 cm³/mol. The molecule has 0 spiro atoms. The topological polar surface area (TPSA) is 45.9 Å². The standard InChI is InChI=1S/C16H14N2O/c1-19-16-14-4-2-3-11(14)5-6-15(16)12-7-8-18-13(9-12)10-17/h5-9H,2-4H2,1H3. The molecule has 0 unspecified atom stereocenters. The fraction of sp³-hybridized carbons (Fsp3) is 0.250. The number of nitrogens with zero attached hydrogens (tertiary/aromatic N) is 2. The Labute approximate surface area is 112 Å². The minimum atomic E-state index is 0.431. The van der Waals surface area contributed by atoms with Gasteiger partial charge in [0.05, 0.1) is 7.11 Å². The summed E-state index contributed by atoms with van der Waals surface area (Å²) in [6.45, 7) is 0. The van der Waals surface area contributed by atoms with Crippen LogP contribution in [0.25, 0.3) is 11.1 Å². The Kier molecular flexibility index (Phi) is 2.92. The van der Waals surface area contributed by atoms with Gasteiger partial charge in [-0.15, -0.1) is 0 Å². The Morgan fingerprint density at radius 2 is 2.16 bits per heavy atom. The van der Waals surface area contributed by atoms with E-state index >= 15 is 0 Å². The number of fused-ring (bicyclic) bond motifs is 1. The molecule has 0 N–H and O–H groups in total. The second-order valence-electron chi connectivity index (χ2n) is 4.68. The third kappa shape index (κ3) is 1.96.